The van der Waals surface area contributed by atoms with Gasteiger partial charge in [-0.25, -0.2) is 0 Å². The van der Waals surface area contributed by atoms with E-state index in [1.807, 2.05) is 0 Å². The average molecular weight is 277 g/mol. The molecule has 0 aliphatic rings. The zero-order valence-electron chi connectivity index (χ0n) is 12.0. The Balaban J connectivity index is 2.20. The van der Waals surface area contributed by atoms with Gasteiger partial charge in [0, 0.05) is 6.54 Å². The van der Waals surface area contributed by atoms with Crippen LogP contribution in [0.15, 0.2) is 22.9 Å². The summed E-state index contributed by atoms with van der Waals surface area (Å²) >= 11 is 1.77. The fourth-order valence-corrected chi connectivity index (χ4v) is 3.03. The molecule has 3 nitrogen and oxygen atoms in total. The Morgan fingerprint density at radius 3 is 2.89 bits per heavy atom. The van der Waals surface area contributed by atoms with E-state index in [2.05, 4.69) is 58.8 Å². The number of hydrogen-bond donors (Lipinski definition) is 1. The smallest absolute Gasteiger partial charge is 0.0597 e. The zero-order chi connectivity index (χ0) is 13.7. The minimum Gasteiger partial charge on any atom is -0.308 e. The first-order chi connectivity index (χ1) is 9.24. The van der Waals surface area contributed by atoms with E-state index in [4.69, 9.17) is 0 Å². The summed E-state index contributed by atoms with van der Waals surface area (Å²) in [5, 5.41) is 12.6. The third-order valence-corrected chi connectivity index (χ3v) is 3.98. The van der Waals surface area contributed by atoms with Gasteiger partial charge in [-0.15, -0.1) is 0 Å². The first-order valence-corrected chi connectivity index (χ1v) is 7.97. The fraction of sp³-hybridized carbons (Fsp3) is 0.533. The molecule has 0 saturated heterocycles. The molecule has 4 heteroatoms. The molecule has 1 unspecified atom stereocenters. The molecule has 0 aliphatic heterocycles. The number of nitrogens with zero attached hydrogens (tertiary/aromatic N) is 2. The summed E-state index contributed by atoms with van der Waals surface area (Å²) in [5.74, 6) is 0. The van der Waals surface area contributed by atoms with Gasteiger partial charge in [-0.3, -0.25) is 4.68 Å². The van der Waals surface area contributed by atoms with Crippen molar-refractivity contribution in [1.29, 1.82) is 0 Å². The molecule has 0 saturated carbocycles. The Labute approximate surface area is 119 Å². The van der Waals surface area contributed by atoms with Gasteiger partial charge in [0.25, 0.3) is 0 Å². The topological polar surface area (TPSA) is 29.9 Å². The highest BCUT2D eigenvalue weighted by atomic mass is 32.1. The van der Waals surface area contributed by atoms with Gasteiger partial charge in [-0.2, -0.15) is 16.4 Å². The van der Waals surface area contributed by atoms with Gasteiger partial charge in [0.1, 0.15) is 0 Å². The van der Waals surface area contributed by atoms with Gasteiger partial charge in [-0.05, 0) is 61.7 Å². The van der Waals surface area contributed by atoms with Crippen molar-refractivity contribution in [1.82, 2.24) is 15.1 Å². The van der Waals surface area contributed by atoms with E-state index in [1.165, 1.54) is 11.3 Å². The van der Waals surface area contributed by atoms with Crippen LogP contribution in [0.4, 0.5) is 0 Å². The molecule has 19 heavy (non-hydrogen) atoms. The molecule has 0 spiro atoms. The number of aromatic nitrogens is 2. The van der Waals surface area contributed by atoms with Crippen molar-refractivity contribution in [2.24, 2.45) is 0 Å². The van der Waals surface area contributed by atoms with E-state index < -0.39 is 0 Å². The summed E-state index contributed by atoms with van der Waals surface area (Å²) in [4.78, 5) is 0. The van der Waals surface area contributed by atoms with Crippen molar-refractivity contribution >= 4 is 11.3 Å². The molecule has 2 aromatic heterocycles. The highest BCUT2D eigenvalue weighted by molar-refractivity contribution is 7.07. The highest BCUT2D eigenvalue weighted by Gasteiger charge is 2.17. The molecule has 2 aromatic rings. The van der Waals surface area contributed by atoms with Gasteiger partial charge in [0.15, 0.2) is 0 Å². The van der Waals surface area contributed by atoms with Crippen LogP contribution in [-0.2, 0) is 13.0 Å². The van der Waals surface area contributed by atoms with Gasteiger partial charge >= 0.3 is 0 Å². The second-order valence-electron chi connectivity index (χ2n) is 4.87. The van der Waals surface area contributed by atoms with Crippen LogP contribution in [0.2, 0.25) is 0 Å². The van der Waals surface area contributed by atoms with E-state index in [0.29, 0.717) is 6.04 Å². The lowest BCUT2D eigenvalue weighted by Gasteiger charge is -2.19. The number of thiophene rings is 1. The van der Waals surface area contributed by atoms with Crippen LogP contribution < -0.4 is 5.32 Å². The predicted octanol–water partition coefficient (Wildman–Crippen LogP) is 3.56. The van der Waals surface area contributed by atoms with Crippen LogP contribution in [0.1, 0.15) is 43.3 Å². The summed E-state index contributed by atoms with van der Waals surface area (Å²) in [7, 11) is 0. The van der Waals surface area contributed by atoms with Crippen LogP contribution >= 0.6 is 11.3 Å². The summed E-state index contributed by atoms with van der Waals surface area (Å²) in [6.07, 6.45) is 2.19. The van der Waals surface area contributed by atoms with Crippen molar-refractivity contribution < 1.29 is 0 Å². The Morgan fingerprint density at radius 1 is 1.42 bits per heavy atom. The molecule has 2 rings (SSSR count). The molecule has 1 atom stereocenters. The van der Waals surface area contributed by atoms with E-state index >= 15 is 0 Å². The average Bonchev–Trinajstić information content (AvgIpc) is 3.03. The van der Waals surface area contributed by atoms with Gasteiger partial charge < -0.3 is 5.32 Å². The second-order valence-corrected chi connectivity index (χ2v) is 5.65. The number of nitrogens with one attached hydrogen (secondary N) is 1. The van der Waals surface area contributed by atoms with E-state index in [1.54, 1.807) is 11.3 Å². The van der Waals surface area contributed by atoms with Crippen LogP contribution in [0.25, 0.3) is 0 Å². The number of rotatable bonds is 7. The minimum atomic E-state index is 0.357. The molecular formula is C15H23N3S. The fourth-order valence-electron chi connectivity index (χ4n) is 2.34. The van der Waals surface area contributed by atoms with Crippen molar-refractivity contribution in [3.05, 3.63) is 39.8 Å². The Kier molecular flexibility index (Phi) is 5.16. The van der Waals surface area contributed by atoms with Crippen LogP contribution in [-0.4, -0.2) is 16.3 Å². The third kappa shape index (κ3) is 3.67. The molecule has 104 valence electrons. The van der Waals surface area contributed by atoms with Crippen molar-refractivity contribution in [3.63, 3.8) is 0 Å². The number of aryl methyl sites for hydroxylation is 2. The lowest BCUT2D eigenvalue weighted by molar-refractivity contribution is 0.478. The third-order valence-electron chi connectivity index (χ3n) is 3.25. The number of hydrogen-bond acceptors (Lipinski definition) is 3. The van der Waals surface area contributed by atoms with E-state index in [9.17, 15) is 0 Å². The molecule has 1 N–H and O–H groups in total. The zero-order valence-corrected chi connectivity index (χ0v) is 12.8. The van der Waals surface area contributed by atoms with Crippen molar-refractivity contribution in [2.75, 3.05) is 6.54 Å². The normalized spacial score (nSPS) is 12.8. The highest BCUT2D eigenvalue weighted by Crippen LogP contribution is 2.21. The largest absolute Gasteiger partial charge is 0.308 e. The summed E-state index contributed by atoms with van der Waals surface area (Å²) in [6, 6.07) is 4.78. The van der Waals surface area contributed by atoms with Crippen LogP contribution in [0, 0.1) is 6.92 Å². The quantitative estimate of drug-likeness (QED) is 0.838. The lowest BCUT2D eigenvalue weighted by Crippen LogP contribution is -2.26. The van der Waals surface area contributed by atoms with E-state index in [0.717, 1.165) is 31.6 Å². The van der Waals surface area contributed by atoms with Gasteiger partial charge in [0.2, 0.25) is 0 Å². The SMILES string of the molecule is CCCNC(Cc1ccsc1)c1cc(C)nn1CC. The first-order valence-electron chi connectivity index (χ1n) is 7.03. The summed E-state index contributed by atoms with van der Waals surface area (Å²) in [6.45, 7) is 8.39. The summed E-state index contributed by atoms with van der Waals surface area (Å²) < 4.78 is 2.12. The monoisotopic (exact) mass is 277 g/mol. The maximum absolute atomic E-state index is 4.57. The summed E-state index contributed by atoms with van der Waals surface area (Å²) in [5.41, 5.74) is 3.81. The van der Waals surface area contributed by atoms with Gasteiger partial charge in [0.05, 0.1) is 17.4 Å². The first kappa shape index (κ1) is 14.3. The Bertz CT molecular complexity index is 487. The minimum absolute atomic E-state index is 0.357. The molecule has 0 amide bonds. The maximum atomic E-state index is 4.57. The van der Waals surface area contributed by atoms with E-state index in [-0.39, 0.29) is 0 Å². The Morgan fingerprint density at radius 2 is 2.26 bits per heavy atom. The molecule has 0 aliphatic carbocycles. The van der Waals surface area contributed by atoms with Crippen LogP contribution in [0.3, 0.4) is 0 Å². The predicted molar refractivity (Wildman–Crippen MR) is 81.7 cm³/mol. The lowest BCUT2D eigenvalue weighted by atomic mass is 10.1. The van der Waals surface area contributed by atoms with Crippen molar-refractivity contribution in [2.45, 2.75) is 46.2 Å². The Hall–Kier alpha value is -1.13. The molecule has 2 heterocycles. The molecule has 0 aromatic carbocycles. The van der Waals surface area contributed by atoms with Crippen LogP contribution in [0.5, 0.6) is 0 Å². The molecule has 0 bridgehead atoms. The van der Waals surface area contributed by atoms with Crippen molar-refractivity contribution in [3.8, 4) is 0 Å². The molecule has 0 radical (unpaired) electrons. The molecular weight excluding hydrogens is 254 g/mol. The second kappa shape index (κ2) is 6.87. The molecule has 0 fully saturated rings. The standard InChI is InChI=1S/C15H23N3S/c1-4-7-16-14(10-13-6-8-19-11-13)15-9-12(3)17-18(15)5-2/h6,8-9,11,14,16H,4-5,7,10H2,1-3H3. The van der Waals surface area contributed by atoms with Gasteiger partial charge in [-0.1, -0.05) is 6.92 Å². The maximum Gasteiger partial charge on any atom is 0.0597 e.